The third-order valence-electron chi connectivity index (χ3n) is 18.7. The Bertz CT molecular complexity index is 3870. The lowest BCUT2D eigenvalue weighted by atomic mass is 9.81. The lowest BCUT2D eigenvalue weighted by molar-refractivity contribution is 0.590. The fraction of sp³-hybridized carbons (Fsp3) is 0.262. The molecule has 0 saturated heterocycles. The molecule has 2 heteroatoms. The average molecular weight is 1120 g/mol. The highest BCUT2D eigenvalue weighted by Crippen LogP contribution is 2.53. The van der Waals surface area contributed by atoms with Gasteiger partial charge in [0.2, 0.25) is 0 Å². The molecule has 10 aromatic carbocycles. The molecule has 10 aromatic rings. The average Bonchev–Trinajstić information content (AvgIpc) is 1.61. The van der Waals surface area contributed by atoms with Gasteiger partial charge in [0.1, 0.15) is 0 Å². The Morgan fingerprint density at radius 2 is 0.465 bits per heavy atom. The Kier molecular flexibility index (Phi) is 14.3. The monoisotopic (exact) mass is 1120 g/mol. The SMILES string of the molecule is CC(C)(C)c1ccc(N(c2ccc(C(C)(C)C)cc2)c2ccc3c(c2)C(C)(C)c2cc(C=Cc4ccc5cc(C=Cc6ccc7c(c6)C(C)(C)c6cc(N(c8ccc(C(C)(C)C)cc8)c8ccc(C(C)(C)C)cc8)ccc6-7)ccc5c4)ccc2-3)cc1. The zero-order valence-electron chi connectivity index (χ0n) is 53.8. The molecule has 0 heterocycles. The number of anilines is 6. The van der Waals surface area contributed by atoms with Crippen LogP contribution in [0, 0.1) is 0 Å². The van der Waals surface area contributed by atoms with Crippen molar-refractivity contribution in [2.45, 2.75) is 143 Å². The van der Waals surface area contributed by atoms with E-state index in [0.717, 1.165) is 22.7 Å². The van der Waals surface area contributed by atoms with E-state index in [1.54, 1.807) is 0 Å². The highest BCUT2D eigenvalue weighted by molar-refractivity contribution is 5.92. The van der Waals surface area contributed by atoms with Crippen molar-refractivity contribution in [1.29, 1.82) is 0 Å². The Balaban J connectivity index is 0.758. The highest BCUT2D eigenvalue weighted by Gasteiger charge is 2.38. The van der Waals surface area contributed by atoms with E-state index in [-0.39, 0.29) is 32.5 Å². The molecular weight excluding hydrogens is 1040 g/mol. The van der Waals surface area contributed by atoms with Crippen molar-refractivity contribution < 1.29 is 0 Å². The molecule has 0 saturated carbocycles. The Hall–Kier alpha value is -8.46. The van der Waals surface area contributed by atoms with Crippen molar-refractivity contribution >= 4 is 69.2 Å². The van der Waals surface area contributed by atoms with E-state index in [0.29, 0.717) is 0 Å². The van der Waals surface area contributed by atoms with Crippen LogP contribution in [0.1, 0.15) is 178 Å². The number of fused-ring (bicyclic) bond motifs is 7. The van der Waals surface area contributed by atoms with Crippen LogP contribution in [0.25, 0.3) is 57.3 Å². The molecule has 0 aliphatic heterocycles. The van der Waals surface area contributed by atoms with Crippen LogP contribution < -0.4 is 9.80 Å². The molecule has 86 heavy (non-hydrogen) atoms. The molecule has 0 fully saturated rings. The van der Waals surface area contributed by atoms with Gasteiger partial charge in [-0.25, -0.2) is 0 Å². The topological polar surface area (TPSA) is 6.48 Å². The van der Waals surface area contributed by atoms with E-state index < -0.39 is 0 Å². The Morgan fingerprint density at radius 1 is 0.244 bits per heavy atom. The van der Waals surface area contributed by atoms with Gasteiger partial charge in [0, 0.05) is 45.0 Å². The predicted molar refractivity (Wildman–Crippen MR) is 374 cm³/mol. The maximum absolute atomic E-state index is 2.44. The maximum Gasteiger partial charge on any atom is 0.0465 e. The molecule has 0 spiro atoms. The first-order chi connectivity index (χ1) is 40.6. The molecule has 432 valence electrons. The van der Waals surface area contributed by atoms with Crippen LogP contribution in [0.3, 0.4) is 0 Å². The number of hydrogen-bond acceptors (Lipinski definition) is 2. The number of nitrogens with zero attached hydrogens (tertiary/aromatic N) is 2. The molecule has 0 bridgehead atoms. The molecule has 0 amide bonds. The van der Waals surface area contributed by atoms with Crippen LogP contribution in [-0.2, 0) is 32.5 Å². The summed E-state index contributed by atoms with van der Waals surface area (Å²) in [5.74, 6) is 0. The second-order valence-corrected chi connectivity index (χ2v) is 29.7. The molecule has 0 atom stereocenters. The highest BCUT2D eigenvalue weighted by atomic mass is 15.1. The van der Waals surface area contributed by atoms with Gasteiger partial charge >= 0.3 is 0 Å². The minimum Gasteiger partial charge on any atom is -0.310 e. The van der Waals surface area contributed by atoms with Crippen molar-refractivity contribution in [3.8, 4) is 22.3 Å². The molecule has 0 aromatic heterocycles. The third kappa shape index (κ3) is 11.0. The quantitative estimate of drug-likeness (QED) is 0.126. The largest absolute Gasteiger partial charge is 0.310 e. The summed E-state index contributed by atoms with van der Waals surface area (Å²) in [6.45, 7) is 36.9. The van der Waals surface area contributed by atoms with E-state index in [2.05, 4.69) is 351 Å². The van der Waals surface area contributed by atoms with Crippen molar-refractivity contribution in [1.82, 2.24) is 0 Å². The molecule has 2 nitrogen and oxygen atoms in total. The second kappa shape index (κ2) is 21.2. The van der Waals surface area contributed by atoms with Gasteiger partial charge in [-0.15, -0.1) is 0 Å². The summed E-state index contributed by atoms with van der Waals surface area (Å²) in [5.41, 5.74) is 27.7. The van der Waals surface area contributed by atoms with Gasteiger partial charge in [-0.3, -0.25) is 0 Å². The number of rotatable bonds is 10. The van der Waals surface area contributed by atoms with Crippen LogP contribution in [0.2, 0.25) is 0 Å². The number of hydrogen-bond donors (Lipinski definition) is 0. The minimum absolute atomic E-state index is 0.0772. The van der Waals surface area contributed by atoms with Crippen LogP contribution in [0.4, 0.5) is 34.1 Å². The van der Waals surface area contributed by atoms with Gasteiger partial charge in [-0.1, -0.05) is 256 Å². The van der Waals surface area contributed by atoms with Crippen LogP contribution >= 0.6 is 0 Å². The zero-order chi connectivity index (χ0) is 60.9. The van der Waals surface area contributed by atoms with Gasteiger partial charge in [0.25, 0.3) is 0 Å². The standard InChI is InChI=1S/C84H86N2/c1-79(2,3)61-27-35-65(36-28-61)85(66-37-29-62(30-38-66)80(4,5)6)69-43-47-73-71-45-23-57(51-75(71)83(13,14)77(73)53-69)19-17-55-21-25-60-50-56(22-26-59(60)49-55)18-20-58-24-46-72-74-48-44-70(54-78(74)84(15,16)76(72)52-58)86(67-39-31-63(32-40-67)81(7,8)9)68-41-33-64(34-42-68)82(10,11)12/h17-54H,1-16H3. The molecule has 0 radical (unpaired) electrons. The molecular formula is C84H86N2. The zero-order valence-corrected chi connectivity index (χ0v) is 53.8. The summed E-state index contributed by atoms with van der Waals surface area (Å²) in [5, 5.41) is 2.46. The van der Waals surface area contributed by atoms with Crippen molar-refractivity contribution in [3.63, 3.8) is 0 Å². The number of benzene rings is 10. The summed E-state index contributed by atoms with van der Waals surface area (Å²) in [4.78, 5) is 4.85. The predicted octanol–water partition coefficient (Wildman–Crippen LogP) is 23.9. The first-order valence-corrected chi connectivity index (χ1v) is 31.1. The summed E-state index contributed by atoms with van der Waals surface area (Å²) < 4.78 is 0. The molecule has 2 aliphatic rings. The summed E-state index contributed by atoms with van der Waals surface area (Å²) >= 11 is 0. The fourth-order valence-corrected chi connectivity index (χ4v) is 13.2. The summed E-state index contributed by atoms with van der Waals surface area (Å²) in [6, 6.07) is 78.5. The Morgan fingerprint density at radius 3 is 0.733 bits per heavy atom. The third-order valence-corrected chi connectivity index (χ3v) is 18.7. The van der Waals surface area contributed by atoms with E-state index in [4.69, 9.17) is 0 Å². The Labute approximate surface area is 514 Å². The second-order valence-electron chi connectivity index (χ2n) is 29.7. The molecule has 2 aliphatic carbocycles. The lowest BCUT2D eigenvalue weighted by Crippen LogP contribution is -2.17. The van der Waals surface area contributed by atoms with Gasteiger partial charge in [-0.05, 0) is 206 Å². The molecule has 0 unspecified atom stereocenters. The maximum atomic E-state index is 2.44. The minimum atomic E-state index is -0.186. The van der Waals surface area contributed by atoms with Crippen molar-refractivity contribution in [3.05, 3.63) is 273 Å². The van der Waals surface area contributed by atoms with E-state index in [1.807, 2.05) is 0 Å². The summed E-state index contributed by atoms with van der Waals surface area (Å²) in [6.07, 6.45) is 9.07. The van der Waals surface area contributed by atoms with Crippen molar-refractivity contribution in [2.75, 3.05) is 9.80 Å². The lowest BCUT2D eigenvalue weighted by Gasteiger charge is -2.29. The van der Waals surface area contributed by atoms with Crippen LogP contribution in [0.5, 0.6) is 0 Å². The van der Waals surface area contributed by atoms with Gasteiger partial charge in [0.05, 0.1) is 0 Å². The van der Waals surface area contributed by atoms with Gasteiger partial charge < -0.3 is 9.80 Å². The summed E-state index contributed by atoms with van der Waals surface area (Å²) in [7, 11) is 0. The fourth-order valence-electron chi connectivity index (χ4n) is 13.2. The normalized spacial score (nSPS) is 14.4. The van der Waals surface area contributed by atoms with Crippen molar-refractivity contribution in [2.24, 2.45) is 0 Å². The smallest absolute Gasteiger partial charge is 0.0465 e. The first kappa shape index (κ1) is 57.9. The van der Waals surface area contributed by atoms with E-state index in [9.17, 15) is 0 Å². The van der Waals surface area contributed by atoms with Crippen LogP contribution in [-0.4, -0.2) is 0 Å². The van der Waals surface area contributed by atoms with Crippen LogP contribution in [0.15, 0.2) is 206 Å². The van der Waals surface area contributed by atoms with E-state index >= 15 is 0 Å². The van der Waals surface area contributed by atoms with Gasteiger partial charge in [-0.2, -0.15) is 0 Å². The first-order valence-electron chi connectivity index (χ1n) is 31.1. The van der Waals surface area contributed by atoms with E-state index in [1.165, 1.54) is 111 Å². The van der Waals surface area contributed by atoms with Gasteiger partial charge in [0.15, 0.2) is 0 Å². The molecule has 12 rings (SSSR count). The molecule has 0 N–H and O–H groups in total.